The molecule has 0 heterocycles. The van der Waals surface area contributed by atoms with Gasteiger partial charge in [-0.1, -0.05) is 24.3 Å². The summed E-state index contributed by atoms with van der Waals surface area (Å²) in [5, 5.41) is 28.3. The van der Waals surface area contributed by atoms with Gasteiger partial charge in [-0.25, -0.2) is 0 Å². The third-order valence-electron chi connectivity index (χ3n) is 3.67. The summed E-state index contributed by atoms with van der Waals surface area (Å²) in [5.41, 5.74) is 0. The molecule has 0 amide bonds. The van der Waals surface area contributed by atoms with E-state index in [-0.39, 0.29) is 18.3 Å². The number of aliphatic carboxylic acids is 1. The van der Waals surface area contributed by atoms with Crippen LogP contribution in [-0.2, 0) is 4.79 Å². The smallest absolute Gasteiger partial charge is 0.303 e. The fraction of sp³-hybridized carbons (Fsp3) is 0.667. The fourth-order valence-corrected chi connectivity index (χ4v) is 2.67. The number of carboxylic acid groups (broad SMARTS) is 1. The van der Waals surface area contributed by atoms with Gasteiger partial charge in [0.2, 0.25) is 0 Å². The highest BCUT2D eigenvalue weighted by Crippen LogP contribution is 2.36. The number of aliphatic hydroxyl groups is 2. The fourth-order valence-electron chi connectivity index (χ4n) is 2.67. The molecule has 0 aromatic carbocycles. The van der Waals surface area contributed by atoms with Crippen LogP contribution in [0.2, 0.25) is 0 Å². The Kier molecular flexibility index (Phi) is 6.81. The normalized spacial score (nSPS) is 31.5. The molecule has 0 bridgehead atoms. The Morgan fingerprint density at radius 2 is 2.00 bits per heavy atom. The van der Waals surface area contributed by atoms with Crippen LogP contribution < -0.4 is 0 Å². The molecule has 0 unspecified atom stereocenters. The molecular weight excluding hydrogens is 244 g/mol. The van der Waals surface area contributed by atoms with Crippen molar-refractivity contribution in [3.63, 3.8) is 0 Å². The predicted molar refractivity (Wildman–Crippen MR) is 73.7 cm³/mol. The zero-order valence-corrected chi connectivity index (χ0v) is 11.4. The predicted octanol–water partition coefficient (Wildman–Crippen LogP) is 2.12. The van der Waals surface area contributed by atoms with Crippen molar-refractivity contribution in [1.82, 2.24) is 0 Å². The number of rotatable bonds is 7. The summed E-state index contributed by atoms with van der Waals surface area (Å²) in [4.78, 5) is 10.3. The van der Waals surface area contributed by atoms with Gasteiger partial charge < -0.3 is 15.3 Å². The lowest BCUT2D eigenvalue weighted by molar-refractivity contribution is -0.137. The highest BCUT2D eigenvalue weighted by molar-refractivity contribution is 5.66. The first-order valence-corrected chi connectivity index (χ1v) is 6.92. The van der Waals surface area contributed by atoms with Gasteiger partial charge >= 0.3 is 5.97 Å². The number of hydrogen-bond acceptors (Lipinski definition) is 3. The van der Waals surface area contributed by atoms with Gasteiger partial charge in [-0.15, -0.1) is 0 Å². The standard InChI is InChI=1S/C15H24O4/c1-2-7-11-12(14(17)10-13(11)16)8-5-3-4-6-9-15(18)19/h2-3,5,7,11-14,16-17H,4,6,8-10H2,1H3,(H,18,19)/b5-3-,7-2+/t11-,12-,13-,14+/m1/s1. The quantitative estimate of drug-likeness (QED) is 0.488. The molecule has 4 atom stereocenters. The molecule has 19 heavy (non-hydrogen) atoms. The van der Waals surface area contributed by atoms with E-state index in [4.69, 9.17) is 5.11 Å². The highest BCUT2D eigenvalue weighted by Gasteiger charge is 2.39. The Labute approximate surface area is 114 Å². The van der Waals surface area contributed by atoms with Gasteiger partial charge in [-0.2, -0.15) is 0 Å². The van der Waals surface area contributed by atoms with Crippen molar-refractivity contribution in [2.75, 3.05) is 0 Å². The van der Waals surface area contributed by atoms with Crippen molar-refractivity contribution < 1.29 is 20.1 Å². The van der Waals surface area contributed by atoms with Crippen LogP contribution in [0.25, 0.3) is 0 Å². The molecule has 4 heteroatoms. The Hall–Kier alpha value is -1.13. The second-order valence-corrected chi connectivity index (χ2v) is 5.13. The Balaban J connectivity index is 2.37. The molecular formula is C15H24O4. The molecule has 1 aliphatic carbocycles. The topological polar surface area (TPSA) is 77.8 Å². The largest absolute Gasteiger partial charge is 0.481 e. The van der Waals surface area contributed by atoms with Gasteiger partial charge in [0.25, 0.3) is 0 Å². The van der Waals surface area contributed by atoms with Gasteiger partial charge in [0, 0.05) is 18.8 Å². The molecule has 0 spiro atoms. The van der Waals surface area contributed by atoms with E-state index in [1.807, 2.05) is 31.2 Å². The van der Waals surface area contributed by atoms with Crippen LogP contribution in [0.3, 0.4) is 0 Å². The molecule has 1 saturated carbocycles. The zero-order valence-electron chi connectivity index (χ0n) is 11.4. The van der Waals surface area contributed by atoms with E-state index in [0.29, 0.717) is 12.8 Å². The van der Waals surface area contributed by atoms with Crippen molar-refractivity contribution >= 4 is 5.97 Å². The zero-order chi connectivity index (χ0) is 14.3. The number of hydrogen-bond donors (Lipinski definition) is 3. The molecule has 108 valence electrons. The lowest BCUT2D eigenvalue weighted by Gasteiger charge is -2.18. The van der Waals surface area contributed by atoms with Crippen LogP contribution in [0.1, 0.15) is 39.0 Å². The van der Waals surface area contributed by atoms with Crippen molar-refractivity contribution in [3.8, 4) is 0 Å². The van der Waals surface area contributed by atoms with Crippen molar-refractivity contribution in [3.05, 3.63) is 24.3 Å². The molecule has 3 N–H and O–H groups in total. The summed E-state index contributed by atoms with van der Waals surface area (Å²) in [6.07, 6.45) is 9.64. The Morgan fingerprint density at radius 1 is 1.26 bits per heavy atom. The minimum Gasteiger partial charge on any atom is -0.481 e. The number of aliphatic hydroxyl groups excluding tert-OH is 2. The van der Waals surface area contributed by atoms with Crippen LogP contribution >= 0.6 is 0 Å². The Morgan fingerprint density at radius 3 is 2.63 bits per heavy atom. The van der Waals surface area contributed by atoms with Crippen LogP contribution in [-0.4, -0.2) is 33.5 Å². The summed E-state index contributed by atoms with van der Waals surface area (Å²) >= 11 is 0. The van der Waals surface area contributed by atoms with E-state index in [2.05, 4.69) is 0 Å². The maximum absolute atomic E-state index is 10.3. The van der Waals surface area contributed by atoms with E-state index in [1.165, 1.54) is 0 Å². The van der Waals surface area contributed by atoms with Gasteiger partial charge in [0.15, 0.2) is 0 Å². The van der Waals surface area contributed by atoms with Gasteiger partial charge in [-0.3, -0.25) is 4.79 Å². The van der Waals surface area contributed by atoms with E-state index >= 15 is 0 Å². The second-order valence-electron chi connectivity index (χ2n) is 5.13. The maximum Gasteiger partial charge on any atom is 0.303 e. The molecule has 0 saturated heterocycles. The van der Waals surface area contributed by atoms with Gasteiger partial charge in [0.05, 0.1) is 12.2 Å². The first-order chi connectivity index (χ1) is 9.06. The molecule has 1 aliphatic rings. The summed E-state index contributed by atoms with van der Waals surface area (Å²) in [5.74, 6) is -0.693. The summed E-state index contributed by atoms with van der Waals surface area (Å²) in [6, 6.07) is 0. The van der Waals surface area contributed by atoms with Crippen LogP contribution in [0.15, 0.2) is 24.3 Å². The molecule has 0 aliphatic heterocycles. The van der Waals surface area contributed by atoms with Crippen LogP contribution in [0.4, 0.5) is 0 Å². The summed E-state index contributed by atoms with van der Waals surface area (Å²) in [7, 11) is 0. The average molecular weight is 268 g/mol. The average Bonchev–Trinajstić information content (AvgIpc) is 2.60. The molecule has 0 radical (unpaired) electrons. The van der Waals surface area contributed by atoms with E-state index in [9.17, 15) is 15.0 Å². The molecule has 0 aromatic heterocycles. The molecule has 0 aromatic rings. The lowest BCUT2D eigenvalue weighted by atomic mass is 9.90. The first-order valence-electron chi connectivity index (χ1n) is 6.92. The van der Waals surface area contributed by atoms with E-state index in [0.717, 1.165) is 12.8 Å². The van der Waals surface area contributed by atoms with Crippen molar-refractivity contribution in [2.45, 2.75) is 51.2 Å². The molecule has 4 nitrogen and oxygen atoms in total. The lowest BCUT2D eigenvalue weighted by Crippen LogP contribution is -2.19. The van der Waals surface area contributed by atoms with Crippen LogP contribution in [0, 0.1) is 11.8 Å². The summed E-state index contributed by atoms with van der Waals surface area (Å²) in [6.45, 7) is 1.91. The Bertz CT molecular complexity index is 335. The number of allylic oxidation sites excluding steroid dienone is 3. The SMILES string of the molecule is C/C=C/[C@@H]1[C@@H](C/C=C\CCCC(=O)O)[C@@H](O)C[C@H]1O. The van der Waals surface area contributed by atoms with Crippen molar-refractivity contribution in [1.29, 1.82) is 0 Å². The third-order valence-corrected chi connectivity index (χ3v) is 3.67. The van der Waals surface area contributed by atoms with E-state index in [1.54, 1.807) is 0 Å². The summed E-state index contributed by atoms with van der Waals surface area (Å²) < 4.78 is 0. The van der Waals surface area contributed by atoms with E-state index < -0.39 is 18.2 Å². The molecule has 1 rings (SSSR count). The third kappa shape index (κ3) is 5.17. The van der Waals surface area contributed by atoms with Crippen LogP contribution in [0.5, 0.6) is 0 Å². The first kappa shape index (κ1) is 15.9. The molecule has 1 fully saturated rings. The minimum atomic E-state index is -0.768. The number of unbranched alkanes of at least 4 members (excludes halogenated alkanes) is 1. The second kappa shape index (κ2) is 8.12. The maximum atomic E-state index is 10.3. The van der Waals surface area contributed by atoms with Gasteiger partial charge in [0.1, 0.15) is 0 Å². The monoisotopic (exact) mass is 268 g/mol. The number of carboxylic acids is 1. The minimum absolute atomic E-state index is 0.0173. The van der Waals surface area contributed by atoms with Gasteiger partial charge in [-0.05, 0) is 32.1 Å². The van der Waals surface area contributed by atoms with Crippen molar-refractivity contribution in [2.24, 2.45) is 11.8 Å². The highest BCUT2D eigenvalue weighted by atomic mass is 16.4. The number of carbonyl (C=O) groups is 1.